The van der Waals surface area contributed by atoms with E-state index in [0.717, 1.165) is 24.3 Å². The molecule has 0 saturated carbocycles. The first kappa shape index (κ1) is 12.3. The van der Waals surface area contributed by atoms with Gasteiger partial charge in [-0.3, -0.25) is 4.98 Å². The van der Waals surface area contributed by atoms with Crippen LogP contribution in [0.2, 0.25) is 0 Å². The maximum absolute atomic E-state index is 9.31. The number of hydrogen-bond acceptors (Lipinski definition) is 5. The smallest absolute Gasteiger partial charge is 0.102 e. The second kappa shape index (κ2) is 5.44. The molecular formula is C12H18N2O3. The van der Waals surface area contributed by atoms with Crippen molar-refractivity contribution < 1.29 is 14.6 Å². The maximum atomic E-state index is 9.31. The van der Waals surface area contributed by atoms with Crippen LogP contribution < -0.4 is 4.90 Å². The Balaban J connectivity index is 2.18. The van der Waals surface area contributed by atoms with Crippen LogP contribution in [-0.4, -0.2) is 49.6 Å². The Morgan fingerprint density at radius 1 is 1.35 bits per heavy atom. The van der Waals surface area contributed by atoms with Gasteiger partial charge in [-0.1, -0.05) is 0 Å². The van der Waals surface area contributed by atoms with E-state index in [9.17, 15) is 5.11 Å². The number of nitrogens with zero attached hydrogens (tertiary/aromatic N) is 2. The quantitative estimate of drug-likeness (QED) is 0.824. The molecule has 2 heterocycles. The van der Waals surface area contributed by atoms with Crippen LogP contribution >= 0.6 is 0 Å². The van der Waals surface area contributed by atoms with E-state index in [1.807, 2.05) is 6.07 Å². The van der Waals surface area contributed by atoms with E-state index in [4.69, 9.17) is 9.47 Å². The fourth-order valence-corrected chi connectivity index (χ4v) is 2.23. The zero-order valence-corrected chi connectivity index (χ0v) is 10.2. The Labute approximate surface area is 101 Å². The molecule has 0 aromatic carbocycles. The van der Waals surface area contributed by atoms with E-state index in [1.54, 1.807) is 26.6 Å². The van der Waals surface area contributed by atoms with Gasteiger partial charge in [-0.25, -0.2) is 0 Å². The number of ether oxygens (including phenoxy) is 2. The SMILES string of the molecule is COC1CN(c2cnccc2CO)CC1OC. The summed E-state index contributed by atoms with van der Waals surface area (Å²) in [4.78, 5) is 6.24. The first-order chi connectivity index (χ1) is 8.30. The number of rotatable bonds is 4. The number of methoxy groups -OCH3 is 2. The fraction of sp³-hybridized carbons (Fsp3) is 0.583. The zero-order chi connectivity index (χ0) is 12.3. The number of anilines is 1. The predicted octanol–water partition coefficient (Wildman–Crippen LogP) is 0.424. The molecule has 0 spiro atoms. The molecule has 1 aliphatic heterocycles. The highest BCUT2D eigenvalue weighted by Gasteiger charge is 2.33. The molecule has 2 unspecified atom stereocenters. The molecular weight excluding hydrogens is 220 g/mol. The molecule has 0 radical (unpaired) electrons. The van der Waals surface area contributed by atoms with Crippen molar-refractivity contribution in [2.45, 2.75) is 18.8 Å². The number of aliphatic hydroxyl groups is 1. The lowest BCUT2D eigenvalue weighted by atomic mass is 10.2. The molecule has 2 rings (SSSR count). The average Bonchev–Trinajstić information content (AvgIpc) is 2.81. The van der Waals surface area contributed by atoms with E-state index in [-0.39, 0.29) is 18.8 Å². The van der Waals surface area contributed by atoms with E-state index < -0.39 is 0 Å². The highest BCUT2D eigenvalue weighted by molar-refractivity contribution is 5.52. The van der Waals surface area contributed by atoms with E-state index in [0.29, 0.717) is 0 Å². The van der Waals surface area contributed by atoms with Crippen LogP contribution in [0.15, 0.2) is 18.5 Å². The number of pyridine rings is 1. The molecule has 5 heteroatoms. The number of aromatic nitrogens is 1. The molecule has 1 aromatic heterocycles. The van der Waals surface area contributed by atoms with Gasteiger partial charge in [0.1, 0.15) is 12.2 Å². The first-order valence-electron chi connectivity index (χ1n) is 5.64. The normalized spacial score (nSPS) is 24.3. The summed E-state index contributed by atoms with van der Waals surface area (Å²) in [6.07, 6.45) is 3.58. The van der Waals surface area contributed by atoms with Gasteiger partial charge in [-0.2, -0.15) is 0 Å². The van der Waals surface area contributed by atoms with Gasteiger partial charge in [-0.05, 0) is 6.07 Å². The van der Waals surface area contributed by atoms with Gasteiger partial charge in [0.25, 0.3) is 0 Å². The lowest BCUT2D eigenvalue weighted by molar-refractivity contribution is -0.00461. The molecule has 2 atom stereocenters. The summed E-state index contributed by atoms with van der Waals surface area (Å²) in [7, 11) is 3.38. The summed E-state index contributed by atoms with van der Waals surface area (Å²) < 4.78 is 10.8. The minimum absolute atomic E-state index is 0.0175. The Kier molecular flexibility index (Phi) is 3.93. The molecule has 1 aromatic rings. The number of aliphatic hydroxyl groups excluding tert-OH is 1. The zero-order valence-electron chi connectivity index (χ0n) is 10.2. The Bertz CT molecular complexity index is 361. The molecule has 1 fully saturated rings. The second-order valence-corrected chi connectivity index (χ2v) is 4.12. The topological polar surface area (TPSA) is 54.8 Å². The van der Waals surface area contributed by atoms with Gasteiger partial charge in [-0.15, -0.1) is 0 Å². The molecule has 5 nitrogen and oxygen atoms in total. The van der Waals surface area contributed by atoms with Crippen molar-refractivity contribution in [2.75, 3.05) is 32.2 Å². The maximum Gasteiger partial charge on any atom is 0.102 e. The minimum atomic E-state index is 0.0175. The molecule has 17 heavy (non-hydrogen) atoms. The molecule has 1 aliphatic rings. The van der Waals surface area contributed by atoms with E-state index in [2.05, 4.69) is 9.88 Å². The van der Waals surface area contributed by atoms with Crippen molar-refractivity contribution in [3.63, 3.8) is 0 Å². The van der Waals surface area contributed by atoms with Gasteiger partial charge >= 0.3 is 0 Å². The standard InChI is InChI=1S/C12H18N2O3/c1-16-11-6-14(7-12(11)17-2)10-5-13-4-3-9(10)8-15/h3-5,11-12,15H,6-8H2,1-2H3. The average molecular weight is 238 g/mol. The van der Waals surface area contributed by atoms with Crippen LogP contribution in [0.5, 0.6) is 0 Å². The molecule has 0 bridgehead atoms. The summed E-state index contributed by atoms with van der Waals surface area (Å²) in [5.41, 5.74) is 1.84. The van der Waals surface area contributed by atoms with Crippen molar-refractivity contribution in [1.82, 2.24) is 4.98 Å². The molecule has 94 valence electrons. The van der Waals surface area contributed by atoms with E-state index in [1.165, 1.54) is 0 Å². The largest absolute Gasteiger partial charge is 0.392 e. The van der Waals surface area contributed by atoms with E-state index >= 15 is 0 Å². The van der Waals surface area contributed by atoms with Crippen molar-refractivity contribution in [3.8, 4) is 0 Å². The predicted molar refractivity (Wildman–Crippen MR) is 64.0 cm³/mol. The summed E-state index contributed by atoms with van der Waals surface area (Å²) >= 11 is 0. The van der Waals surface area contributed by atoms with Crippen molar-refractivity contribution in [3.05, 3.63) is 24.0 Å². The highest BCUT2D eigenvalue weighted by Crippen LogP contribution is 2.25. The Morgan fingerprint density at radius 3 is 2.53 bits per heavy atom. The van der Waals surface area contributed by atoms with Gasteiger partial charge in [0.2, 0.25) is 0 Å². The second-order valence-electron chi connectivity index (χ2n) is 4.12. The Hall–Kier alpha value is -1.17. The van der Waals surface area contributed by atoms with Crippen LogP contribution in [0.3, 0.4) is 0 Å². The Morgan fingerprint density at radius 2 is 2.00 bits per heavy atom. The molecule has 1 saturated heterocycles. The van der Waals surface area contributed by atoms with Crippen LogP contribution in [0, 0.1) is 0 Å². The van der Waals surface area contributed by atoms with Gasteiger partial charge in [0.15, 0.2) is 0 Å². The summed E-state index contributed by atoms with van der Waals surface area (Å²) in [6.45, 7) is 1.53. The van der Waals surface area contributed by atoms with Crippen molar-refractivity contribution >= 4 is 5.69 Å². The number of hydrogen-bond donors (Lipinski definition) is 1. The van der Waals surface area contributed by atoms with Gasteiger partial charge in [0.05, 0.1) is 18.5 Å². The van der Waals surface area contributed by atoms with Gasteiger partial charge < -0.3 is 19.5 Å². The molecule has 0 amide bonds. The fourth-order valence-electron chi connectivity index (χ4n) is 2.23. The highest BCUT2D eigenvalue weighted by atomic mass is 16.5. The summed E-state index contributed by atoms with van der Waals surface area (Å²) in [5.74, 6) is 0. The third-order valence-electron chi connectivity index (χ3n) is 3.22. The third kappa shape index (κ3) is 2.41. The van der Waals surface area contributed by atoms with Crippen LogP contribution in [0.25, 0.3) is 0 Å². The monoisotopic (exact) mass is 238 g/mol. The molecule has 1 N–H and O–H groups in total. The van der Waals surface area contributed by atoms with Gasteiger partial charge in [0, 0.05) is 39.1 Å². The minimum Gasteiger partial charge on any atom is -0.392 e. The van der Waals surface area contributed by atoms with Crippen molar-refractivity contribution in [1.29, 1.82) is 0 Å². The lowest BCUT2D eigenvalue weighted by Gasteiger charge is -2.20. The van der Waals surface area contributed by atoms with Crippen molar-refractivity contribution in [2.24, 2.45) is 0 Å². The van der Waals surface area contributed by atoms with Crippen LogP contribution in [-0.2, 0) is 16.1 Å². The van der Waals surface area contributed by atoms with Crippen LogP contribution in [0.4, 0.5) is 5.69 Å². The first-order valence-corrected chi connectivity index (χ1v) is 5.64. The third-order valence-corrected chi connectivity index (χ3v) is 3.22. The van der Waals surface area contributed by atoms with Crippen LogP contribution in [0.1, 0.15) is 5.56 Å². The summed E-state index contributed by atoms with van der Waals surface area (Å²) in [6, 6.07) is 1.83. The molecule has 0 aliphatic carbocycles. The lowest BCUT2D eigenvalue weighted by Crippen LogP contribution is -2.27. The summed E-state index contributed by atoms with van der Waals surface area (Å²) in [5, 5.41) is 9.31.